The van der Waals surface area contributed by atoms with Gasteiger partial charge in [0.2, 0.25) is 0 Å². The van der Waals surface area contributed by atoms with E-state index in [0.717, 1.165) is 5.56 Å². The van der Waals surface area contributed by atoms with E-state index in [1.54, 1.807) is 16.7 Å². The highest BCUT2D eigenvalue weighted by molar-refractivity contribution is 8.13. The molecule has 2 aromatic rings. The molecule has 0 fully saturated rings. The van der Waals surface area contributed by atoms with Gasteiger partial charge in [-0.2, -0.15) is 5.26 Å². The summed E-state index contributed by atoms with van der Waals surface area (Å²) in [6.07, 6.45) is 4.21. The minimum Gasteiger partial charge on any atom is -0.332 e. The first-order chi connectivity index (χ1) is 8.49. The Morgan fingerprint density at radius 2 is 2.22 bits per heavy atom. The number of rotatable bonds is 3. The summed E-state index contributed by atoms with van der Waals surface area (Å²) in [7, 11) is 1.35. The standard InChI is InChI=1S/C10H7ClN4O2S/c11-18(16,17)10-6-15(7-14-10)5-8-1-2-13-9(3-8)4-12/h1-3,6-7H,5H2. The average molecular weight is 283 g/mol. The molecule has 0 radical (unpaired) electrons. The molecule has 2 aromatic heterocycles. The Hall–Kier alpha value is -1.91. The molecule has 0 atom stereocenters. The topological polar surface area (TPSA) is 88.6 Å². The van der Waals surface area contributed by atoms with E-state index < -0.39 is 9.05 Å². The third kappa shape index (κ3) is 2.85. The molecule has 2 rings (SSSR count). The Labute approximate surface area is 108 Å². The highest BCUT2D eigenvalue weighted by Gasteiger charge is 2.13. The smallest absolute Gasteiger partial charge is 0.280 e. The van der Waals surface area contributed by atoms with Gasteiger partial charge in [0.25, 0.3) is 9.05 Å². The molecule has 0 aliphatic heterocycles. The first kappa shape index (κ1) is 12.5. The molecular weight excluding hydrogens is 276 g/mol. The zero-order valence-electron chi connectivity index (χ0n) is 8.99. The highest BCUT2D eigenvalue weighted by atomic mass is 35.7. The maximum Gasteiger partial charge on any atom is 0.280 e. The van der Waals surface area contributed by atoms with Gasteiger partial charge in [0.1, 0.15) is 11.8 Å². The van der Waals surface area contributed by atoms with Crippen LogP contribution in [-0.4, -0.2) is 23.0 Å². The van der Waals surface area contributed by atoms with E-state index >= 15 is 0 Å². The number of hydrogen-bond acceptors (Lipinski definition) is 5. The molecule has 0 N–H and O–H groups in total. The summed E-state index contributed by atoms with van der Waals surface area (Å²) in [5.74, 6) is 0. The van der Waals surface area contributed by atoms with Gasteiger partial charge in [-0.05, 0) is 17.7 Å². The summed E-state index contributed by atoms with van der Waals surface area (Å²) in [6.45, 7) is 0.386. The van der Waals surface area contributed by atoms with Crippen LogP contribution in [0.25, 0.3) is 0 Å². The average Bonchev–Trinajstić information content (AvgIpc) is 2.77. The van der Waals surface area contributed by atoms with Gasteiger partial charge in [0.15, 0.2) is 5.03 Å². The van der Waals surface area contributed by atoms with E-state index in [4.69, 9.17) is 15.9 Å². The van der Waals surface area contributed by atoms with Crippen molar-refractivity contribution in [1.29, 1.82) is 5.26 Å². The Balaban J connectivity index is 2.24. The van der Waals surface area contributed by atoms with Crippen molar-refractivity contribution >= 4 is 19.7 Å². The zero-order chi connectivity index (χ0) is 13.2. The molecule has 0 spiro atoms. The first-order valence-electron chi connectivity index (χ1n) is 4.80. The molecule has 0 bridgehead atoms. The fourth-order valence-electron chi connectivity index (χ4n) is 1.40. The second-order valence-electron chi connectivity index (χ2n) is 3.48. The Kier molecular flexibility index (Phi) is 3.32. The Morgan fingerprint density at radius 1 is 1.44 bits per heavy atom. The van der Waals surface area contributed by atoms with Crippen LogP contribution in [-0.2, 0) is 15.6 Å². The lowest BCUT2D eigenvalue weighted by Crippen LogP contribution is -1.98. The fourth-order valence-corrected chi connectivity index (χ4v) is 2.07. The summed E-state index contributed by atoms with van der Waals surface area (Å²) in [5.41, 5.74) is 1.12. The molecule has 0 aliphatic carbocycles. The summed E-state index contributed by atoms with van der Waals surface area (Å²) in [6, 6.07) is 5.28. The van der Waals surface area contributed by atoms with Crippen molar-refractivity contribution in [2.24, 2.45) is 0 Å². The number of nitrogens with zero attached hydrogens (tertiary/aromatic N) is 4. The van der Waals surface area contributed by atoms with Crippen LogP contribution in [0.1, 0.15) is 11.3 Å². The molecule has 0 amide bonds. The summed E-state index contributed by atoms with van der Waals surface area (Å²) in [5, 5.41) is 8.51. The molecule has 0 saturated heterocycles. The molecule has 2 heterocycles. The monoisotopic (exact) mass is 282 g/mol. The Morgan fingerprint density at radius 3 is 2.83 bits per heavy atom. The maximum absolute atomic E-state index is 11.0. The van der Waals surface area contributed by atoms with Gasteiger partial charge < -0.3 is 4.57 Å². The summed E-state index contributed by atoms with van der Waals surface area (Å²) >= 11 is 0. The molecule has 18 heavy (non-hydrogen) atoms. The lowest BCUT2D eigenvalue weighted by molar-refractivity contribution is 0.606. The van der Waals surface area contributed by atoms with Gasteiger partial charge >= 0.3 is 0 Å². The maximum atomic E-state index is 11.0. The van der Waals surface area contributed by atoms with E-state index in [0.29, 0.717) is 12.2 Å². The minimum atomic E-state index is -3.81. The van der Waals surface area contributed by atoms with Gasteiger partial charge in [0.05, 0.1) is 6.33 Å². The number of halogens is 1. The van der Waals surface area contributed by atoms with Crippen molar-refractivity contribution in [3.05, 3.63) is 42.1 Å². The molecule has 8 heteroatoms. The summed E-state index contributed by atoms with van der Waals surface area (Å²) < 4.78 is 23.6. The third-order valence-electron chi connectivity index (χ3n) is 2.16. The van der Waals surface area contributed by atoms with Crippen LogP contribution in [0.4, 0.5) is 0 Å². The predicted molar refractivity (Wildman–Crippen MR) is 63.3 cm³/mol. The van der Waals surface area contributed by atoms with Gasteiger partial charge in [-0.15, -0.1) is 0 Å². The van der Waals surface area contributed by atoms with Crippen molar-refractivity contribution in [1.82, 2.24) is 14.5 Å². The zero-order valence-corrected chi connectivity index (χ0v) is 10.6. The first-order valence-corrected chi connectivity index (χ1v) is 7.11. The van der Waals surface area contributed by atoms with E-state index in [-0.39, 0.29) is 5.03 Å². The van der Waals surface area contributed by atoms with Crippen molar-refractivity contribution < 1.29 is 8.42 Å². The highest BCUT2D eigenvalue weighted by Crippen LogP contribution is 2.12. The normalized spacial score (nSPS) is 11.1. The molecule has 6 nitrogen and oxygen atoms in total. The number of pyridine rings is 1. The van der Waals surface area contributed by atoms with Crippen molar-refractivity contribution in [2.75, 3.05) is 0 Å². The van der Waals surface area contributed by atoms with Gasteiger partial charge in [0, 0.05) is 29.6 Å². The minimum absolute atomic E-state index is 0.196. The second-order valence-corrected chi connectivity index (χ2v) is 6.00. The van der Waals surface area contributed by atoms with Crippen LogP contribution in [0.15, 0.2) is 35.9 Å². The molecule has 0 saturated carbocycles. The van der Waals surface area contributed by atoms with Gasteiger partial charge in [-0.25, -0.2) is 18.4 Å². The van der Waals surface area contributed by atoms with Gasteiger partial charge in [-0.1, -0.05) is 0 Å². The second kappa shape index (κ2) is 4.76. The number of hydrogen-bond donors (Lipinski definition) is 0. The van der Waals surface area contributed by atoms with Crippen LogP contribution in [0.5, 0.6) is 0 Å². The number of imidazole rings is 1. The molecule has 0 aliphatic rings. The molecule has 0 aromatic carbocycles. The predicted octanol–water partition coefficient (Wildman–Crippen LogP) is 1.13. The van der Waals surface area contributed by atoms with Crippen LogP contribution in [0.2, 0.25) is 0 Å². The van der Waals surface area contributed by atoms with Gasteiger partial charge in [-0.3, -0.25) is 0 Å². The fraction of sp³-hybridized carbons (Fsp3) is 0.100. The lowest BCUT2D eigenvalue weighted by atomic mass is 10.2. The summed E-state index contributed by atoms with van der Waals surface area (Å²) in [4.78, 5) is 7.53. The number of nitriles is 1. The van der Waals surface area contributed by atoms with E-state index in [1.807, 2.05) is 6.07 Å². The van der Waals surface area contributed by atoms with Crippen LogP contribution in [0.3, 0.4) is 0 Å². The lowest BCUT2D eigenvalue weighted by Gasteiger charge is -2.01. The Bertz CT molecular complexity index is 717. The third-order valence-corrected chi connectivity index (χ3v) is 3.35. The molecule has 92 valence electrons. The van der Waals surface area contributed by atoms with Crippen LogP contribution >= 0.6 is 10.7 Å². The van der Waals surface area contributed by atoms with Crippen molar-refractivity contribution in [3.8, 4) is 6.07 Å². The quantitative estimate of drug-likeness (QED) is 0.787. The molecule has 0 unspecified atom stereocenters. The van der Waals surface area contributed by atoms with Crippen molar-refractivity contribution in [2.45, 2.75) is 11.6 Å². The van der Waals surface area contributed by atoms with E-state index in [9.17, 15) is 8.42 Å². The molecular formula is C10H7ClN4O2S. The largest absolute Gasteiger partial charge is 0.332 e. The SMILES string of the molecule is N#Cc1cc(Cn2cnc(S(=O)(=O)Cl)c2)ccn1. The van der Waals surface area contributed by atoms with Crippen LogP contribution in [0, 0.1) is 11.3 Å². The van der Waals surface area contributed by atoms with Crippen LogP contribution < -0.4 is 0 Å². The van der Waals surface area contributed by atoms with E-state index in [1.165, 1.54) is 18.7 Å². The van der Waals surface area contributed by atoms with E-state index in [2.05, 4.69) is 9.97 Å². The van der Waals surface area contributed by atoms with Crippen molar-refractivity contribution in [3.63, 3.8) is 0 Å². The number of aromatic nitrogens is 3.